The van der Waals surface area contributed by atoms with E-state index in [-0.39, 0.29) is 11.5 Å². The molecule has 0 fully saturated rings. The van der Waals surface area contributed by atoms with Crippen molar-refractivity contribution in [3.63, 3.8) is 0 Å². The van der Waals surface area contributed by atoms with Gasteiger partial charge in [-0.1, -0.05) is 0 Å². The summed E-state index contributed by atoms with van der Waals surface area (Å²) in [6, 6.07) is 10.5. The number of aryl methyl sites for hydroxylation is 1. The molecule has 0 saturated heterocycles. The predicted octanol–water partition coefficient (Wildman–Crippen LogP) is 4.31. The van der Waals surface area contributed by atoms with Gasteiger partial charge in [0.05, 0.1) is 12.7 Å². The van der Waals surface area contributed by atoms with Crippen molar-refractivity contribution in [1.29, 1.82) is 0 Å². The van der Waals surface area contributed by atoms with Crippen LogP contribution >= 0.6 is 0 Å². The minimum Gasteiger partial charge on any atom is -0.497 e. The van der Waals surface area contributed by atoms with E-state index in [2.05, 4.69) is 14.8 Å². The molecule has 3 aromatic rings. The Labute approximate surface area is 185 Å². The first kappa shape index (κ1) is 21.5. The average molecular weight is 435 g/mol. The summed E-state index contributed by atoms with van der Waals surface area (Å²) in [5, 5.41) is 12.1. The molecule has 1 aromatic heterocycles. The van der Waals surface area contributed by atoms with Gasteiger partial charge in [0.25, 0.3) is 0 Å². The number of hydrogen-bond donors (Lipinski definition) is 2. The lowest BCUT2D eigenvalue weighted by atomic mass is 10.1. The number of nitrogens with one attached hydrogen (secondary N) is 1. The fraction of sp³-hybridized carbons (Fsp3) is 0.250. The molecule has 2 heterocycles. The van der Waals surface area contributed by atoms with Gasteiger partial charge in [-0.2, -0.15) is 0 Å². The Bertz CT molecular complexity index is 1230. The number of fused-ring (bicyclic) bond motifs is 2. The molecule has 1 aliphatic heterocycles. The number of Topliss-reactive ketones (excluding diaryl/α,β-unsaturated/α-hetero) is 1. The summed E-state index contributed by atoms with van der Waals surface area (Å²) in [5.41, 5.74) is 2.54. The number of carbonyl (C=O) groups is 2. The van der Waals surface area contributed by atoms with Crippen LogP contribution in [0.5, 0.6) is 11.5 Å². The first-order chi connectivity index (χ1) is 15.4. The van der Waals surface area contributed by atoms with Crippen LogP contribution < -0.4 is 14.8 Å². The number of aromatic nitrogens is 1. The van der Waals surface area contributed by atoms with E-state index in [4.69, 9.17) is 14.6 Å². The second-order valence-electron chi connectivity index (χ2n) is 7.90. The third kappa shape index (κ3) is 4.31. The van der Waals surface area contributed by atoms with Gasteiger partial charge in [0, 0.05) is 34.9 Å². The second kappa shape index (κ2) is 8.76. The predicted molar refractivity (Wildman–Crippen MR) is 123 cm³/mol. The number of methoxy groups -OCH3 is 1. The van der Waals surface area contributed by atoms with Crippen molar-refractivity contribution in [2.24, 2.45) is 0 Å². The van der Waals surface area contributed by atoms with Gasteiger partial charge in [-0.25, -0.2) is 4.79 Å². The van der Waals surface area contributed by atoms with E-state index < -0.39 is 6.09 Å². The second-order valence-corrected chi connectivity index (χ2v) is 7.90. The molecular formula is C24H25N3O5. The molecule has 0 saturated carbocycles. The molecular weight excluding hydrogens is 410 g/mol. The van der Waals surface area contributed by atoms with E-state index in [0.29, 0.717) is 17.0 Å². The van der Waals surface area contributed by atoms with Gasteiger partial charge in [-0.3, -0.25) is 10.1 Å². The minimum absolute atomic E-state index is 0.197. The van der Waals surface area contributed by atoms with Gasteiger partial charge in [-0.05, 0) is 69.5 Å². The number of hydrogen-bond acceptors (Lipinski definition) is 5. The highest BCUT2D eigenvalue weighted by Gasteiger charge is 2.28. The number of allylic oxidation sites excluding steroid dienone is 1. The Kier molecular flexibility index (Phi) is 5.87. The molecule has 4 rings (SSSR count). The van der Waals surface area contributed by atoms with Crippen molar-refractivity contribution >= 4 is 34.5 Å². The monoisotopic (exact) mass is 435 g/mol. The van der Waals surface area contributed by atoms with E-state index >= 15 is 0 Å². The molecule has 166 valence electrons. The summed E-state index contributed by atoms with van der Waals surface area (Å²) in [5.74, 6) is 1.05. The first-order valence-electron chi connectivity index (χ1n) is 10.3. The van der Waals surface area contributed by atoms with Crippen molar-refractivity contribution < 1.29 is 24.2 Å². The van der Waals surface area contributed by atoms with Gasteiger partial charge in [-0.15, -0.1) is 0 Å². The van der Waals surface area contributed by atoms with Crippen LogP contribution in [0.15, 0.2) is 48.4 Å². The normalized spacial score (nSPS) is 14.1. The highest BCUT2D eigenvalue weighted by Crippen LogP contribution is 2.35. The molecule has 0 aliphatic carbocycles. The zero-order valence-corrected chi connectivity index (χ0v) is 18.2. The Morgan fingerprint density at radius 1 is 1.25 bits per heavy atom. The van der Waals surface area contributed by atoms with E-state index in [9.17, 15) is 9.59 Å². The summed E-state index contributed by atoms with van der Waals surface area (Å²) in [7, 11) is 5.72. The fourth-order valence-electron chi connectivity index (χ4n) is 3.82. The maximum absolute atomic E-state index is 12.9. The molecule has 1 amide bonds. The summed E-state index contributed by atoms with van der Waals surface area (Å²) in [6.07, 6.45) is 3.54. The van der Waals surface area contributed by atoms with Crippen molar-refractivity contribution in [2.45, 2.75) is 13.0 Å². The molecule has 0 atom stereocenters. The number of carbonyl (C=O) groups excluding carboxylic acids is 1. The van der Waals surface area contributed by atoms with E-state index in [1.165, 1.54) is 6.07 Å². The van der Waals surface area contributed by atoms with Crippen LogP contribution in [0.3, 0.4) is 0 Å². The van der Waals surface area contributed by atoms with Crippen LogP contribution in [0.4, 0.5) is 10.5 Å². The van der Waals surface area contributed by atoms with Gasteiger partial charge in [0.2, 0.25) is 5.78 Å². The van der Waals surface area contributed by atoms with Crippen LogP contribution in [0.25, 0.3) is 17.0 Å². The lowest BCUT2D eigenvalue weighted by Crippen LogP contribution is -2.14. The van der Waals surface area contributed by atoms with E-state index in [1.807, 2.05) is 38.5 Å². The summed E-state index contributed by atoms with van der Waals surface area (Å²) < 4.78 is 13.4. The molecule has 1 aliphatic rings. The Morgan fingerprint density at radius 3 is 2.78 bits per heavy atom. The molecule has 8 nitrogen and oxygen atoms in total. The maximum atomic E-state index is 12.9. The summed E-state index contributed by atoms with van der Waals surface area (Å²) in [6.45, 7) is 1.80. The molecule has 0 radical (unpaired) electrons. The van der Waals surface area contributed by atoms with Crippen LogP contribution in [0.2, 0.25) is 0 Å². The molecule has 2 N–H and O–H groups in total. The largest absolute Gasteiger partial charge is 0.497 e. The van der Waals surface area contributed by atoms with Crippen molar-refractivity contribution in [1.82, 2.24) is 9.47 Å². The quantitative estimate of drug-likeness (QED) is 0.538. The highest BCUT2D eigenvalue weighted by molar-refractivity contribution is 6.15. The van der Waals surface area contributed by atoms with Crippen LogP contribution in [-0.4, -0.2) is 54.2 Å². The van der Waals surface area contributed by atoms with Gasteiger partial charge >= 0.3 is 6.09 Å². The Hall–Kier alpha value is -3.78. The van der Waals surface area contributed by atoms with Crippen LogP contribution in [0.1, 0.15) is 22.3 Å². The number of ether oxygens (including phenoxy) is 2. The zero-order valence-electron chi connectivity index (χ0n) is 18.2. The van der Waals surface area contributed by atoms with Gasteiger partial charge in [0.15, 0.2) is 5.76 Å². The standard InChI is InChI=1S/C24H25N3O5/c1-26(2)9-4-10-27-14-15(18-13-17(31-3)6-7-20(18)27)11-22-23(28)19-12-16(25-24(29)30)5-8-21(19)32-22/h5-8,11-14,25H,4,9-10H2,1-3H3,(H,29,30). The topological polar surface area (TPSA) is 93.0 Å². The number of amides is 1. The fourth-order valence-corrected chi connectivity index (χ4v) is 3.82. The number of anilines is 1. The molecule has 2 aromatic carbocycles. The third-order valence-electron chi connectivity index (χ3n) is 5.33. The van der Waals surface area contributed by atoms with Gasteiger partial charge in [0.1, 0.15) is 11.5 Å². The van der Waals surface area contributed by atoms with Crippen LogP contribution in [-0.2, 0) is 6.54 Å². The molecule has 0 unspecified atom stereocenters. The lowest BCUT2D eigenvalue weighted by molar-refractivity contribution is 0.101. The lowest BCUT2D eigenvalue weighted by Gasteiger charge is -2.10. The third-order valence-corrected chi connectivity index (χ3v) is 5.33. The van der Waals surface area contributed by atoms with Gasteiger partial charge < -0.3 is 24.0 Å². The van der Waals surface area contributed by atoms with E-state index in [1.54, 1.807) is 25.3 Å². The van der Waals surface area contributed by atoms with Crippen molar-refractivity contribution in [3.05, 3.63) is 59.5 Å². The number of carboxylic acid groups (broad SMARTS) is 1. The molecule has 0 spiro atoms. The average Bonchev–Trinajstić information content (AvgIpc) is 3.25. The number of rotatable bonds is 7. The number of nitrogens with zero attached hydrogens (tertiary/aromatic N) is 2. The number of benzene rings is 2. The minimum atomic E-state index is -1.19. The van der Waals surface area contributed by atoms with E-state index in [0.717, 1.165) is 41.7 Å². The van der Waals surface area contributed by atoms with Crippen molar-refractivity contribution in [3.8, 4) is 11.5 Å². The molecule has 32 heavy (non-hydrogen) atoms. The Balaban J connectivity index is 1.69. The van der Waals surface area contributed by atoms with Crippen LogP contribution in [0, 0.1) is 0 Å². The summed E-state index contributed by atoms with van der Waals surface area (Å²) in [4.78, 5) is 26.0. The van der Waals surface area contributed by atoms with Crippen molar-refractivity contribution in [2.75, 3.05) is 33.1 Å². The Morgan fingerprint density at radius 2 is 2.06 bits per heavy atom. The zero-order chi connectivity index (χ0) is 22.8. The summed E-state index contributed by atoms with van der Waals surface area (Å²) >= 11 is 0. The maximum Gasteiger partial charge on any atom is 0.409 e. The molecule has 0 bridgehead atoms. The number of ketones is 1. The highest BCUT2D eigenvalue weighted by atomic mass is 16.5. The first-order valence-corrected chi connectivity index (χ1v) is 10.3. The molecule has 8 heteroatoms. The smallest absolute Gasteiger partial charge is 0.409 e. The SMILES string of the molecule is COc1ccc2c(c1)c(C=C1Oc3ccc(NC(=O)O)cc3C1=O)cn2CCCN(C)C.